The molecule has 6 nitrogen and oxygen atoms in total. The largest absolute Gasteiger partial charge is 0.391 e. The lowest BCUT2D eigenvalue weighted by molar-refractivity contribution is -0.141. The normalized spacial score (nSPS) is 27.9. The van der Waals surface area contributed by atoms with Gasteiger partial charge >= 0.3 is 0 Å². The highest BCUT2D eigenvalue weighted by Crippen LogP contribution is 2.22. The van der Waals surface area contributed by atoms with E-state index in [0.717, 1.165) is 6.42 Å². The first kappa shape index (κ1) is 13.9. The van der Waals surface area contributed by atoms with Crippen LogP contribution in [0, 0.1) is 0 Å². The van der Waals surface area contributed by atoms with Gasteiger partial charge < -0.3 is 21.5 Å². The summed E-state index contributed by atoms with van der Waals surface area (Å²) in [4.78, 5) is 24.7. The van der Waals surface area contributed by atoms with Gasteiger partial charge in [-0.3, -0.25) is 9.59 Å². The number of primary amides is 1. The van der Waals surface area contributed by atoms with Crippen molar-refractivity contribution in [3.63, 3.8) is 0 Å². The predicted octanol–water partition coefficient (Wildman–Crippen LogP) is -1.05. The number of hydrogen-bond donors (Lipinski definition) is 3. The average Bonchev–Trinajstić information content (AvgIpc) is 2.59. The summed E-state index contributed by atoms with van der Waals surface area (Å²) in [6.45, 7) is 3.70. The van der Waals surface area contributed by atoms with Gasteiger partial charge in [-0.15, -0.1) is 0 Å². The number of likely N-dealkylation sites (tertiary alicyclic amines) is 1. The molecule has 6 heteroatoms. The summed E-state index contributed by atoms with van der Waals surface area (Å²) in [5.74, 6) is -0.915. The Morgan fingerprint density at radius 1 is 1.53 bits per heavy atom. The molecule has 3 atom stereocenters. The number of nitrogens with two attached hydrogens (primary N) is 2. The highest BCUT2D eigenvalue weighted by molar-refractivity contribution is 5.91. The van der Waals surface area contributed by atoms with Gasteiger partial charge in [-0.25, -0.2) is 0 Å². The van der Waals surface area contributed by atoms with E-state index in [4.69, 9.17) is 11.5 Å². The molecule has 1 aliphatic rings. The van der Waals surface area contributed by atoms with E-state index in [1.54, 1.807) is 6.92 Å². The fourth-order valence-corrected chi connectivity index (χ4v) is 2.26. The van der Waals surface area contributed by atoms with Crippen LogP contribution in [-0.4, -0.2) is 46.1 Å². The molecule has 98 valence electrons. The molecule has 0 saturated carbocycles. The molecule has 17 heavy (non-hydrogen) atoms. The Morgan fingerprint density at radius 2 is 2.12 bits per heavy atom. The molecule has 0 bridgehead atoms. The molecule has 0 aromatic carbocycles. The zero-order chi connectivity index (χ0) is 13.2. The number of aliphatic hydroxyl groups is 1. The van der Waals surface area contributed by atoms with Gasteiger partial charge in [0.05, 0.1) is 11.6 Å². The molecule has 1 aliphatic heterocycles. The first-order valence-electron chi connectivity index (χ1n) is 5.87. The van der Waals surface area contributed by atoms with Crippen LogP contribution in [0.4, 0.5) is 0 Å². The van der Waals surface area contributed by atoms with Gasteiger partial charge in [0.15, 0.2) is 0 Å². The van der Waals surface area contributed by atoms with Crippen LogP contribution in [0.15, 0.2) is 0 Å². The van der Waals surface area contributed by atoms with Gasteiger partial charge in [0.2, 0.25) is 11.8 Å². The second-order valence-electron chi connectivity index (χ2n) is 4.93. The molecule has 1 fully saturated rings. The molecule has 0 aliphatic carbocycles. The van der Waals surface area contributed by atoms with E-state index in [0.29, 0.717) is 6.42 Å². The van der Waals surface area contributed by atoms with Crippen molar-refractivity contribution in [3.05, 3.63) is 0 Å². The van der Waals surface area contributed by atoms with Crippen LogP contribution < -0.4 is 11.5 Å². The minimum absolute atomic E-state index is 0.128. The minimum Gasteiger partial charge on any atom is -0.391 e. The van der Waals surface area contributed by atoms with Crippen molar-refractivity contribution < 1.29 is 14.7 Å². The van der Waals surface area contributed by atoms with E-state index in [1.807, 2.05) is 6.92 Å². The fraction of sp³-hybridized carbons (Fsp3) is 0.818. The molecule has 1 heterocycles. The van der Waals surface area contributed by atoms with E-state index < -0.39 is 23.6 Å². The third kappa shape index (κ3) is 2.95. The van der Waals surface area contributed by atoms with Crippen molar-refractivity contribution in [2.75, 3.05) is 6.54 Å². The molecule has 0 radical (unpaired) electrons. The molecule has 2 amide bonds. The maximum Gasteiger partial charge on any atom is 0.243 e. The van der Waals surface area contributed by atoms with E-state index in [-0.39, 0.29) is 18.9 Å². The van der Waals surface area contributed by atoms with E-state index >= 15 is 0 Å². The first-order valence-corrected chi connectivity index (χ1v) is 5.87. The average molecular weight is 243 g/mol. The summed E-state index contributed by atoms with van der Waals surface area (Å²) < 4.78 is 0. The SMILES string of the molecule is CCCC(C)(N)C(=O)N1CC(O)CC1C(N)=O. The summed E-state index contributed by atoms with van der Waals surface area (Å²) in [6.07, 6.45) is 0.803. The fourth-order valence-electron chi connectivity index (χ4n) is 2.26. The number of amides is 2. The van der Waals surface area contributed by atoms with Crippen LogP contribution in [0.1, 0.15) is 33.1 Å². The lowest BCUT2D eigenvalue weighted by atomic mass is 9.95. The molecule has 3 unspecified atom stereocenters. The Kier molecular flexibility index (Phi) is 4.11. The zero-order valence-corrected chi connectivity index (χ0v) is 10.3. The van der Waals surface area contributed by atoms with E-state index in [1.165, 1.54) is 4.90 Å². The zero-order valence-electron chi connectivity index (χ0n) is 10.3. The van der Waals surface area contributed by atoms with E-state index in [9.17, 15) is 14.7 Å². The molecular formula is C11H21N3O3. The topological polar surface area (TPSA) is 110 Å². The highest BCUT2D eigenvalue weighted by Gasteiger charge is 2.42. The molecule has 0 aromatic heterocycles. The molecule has 0 spiro atoms. The summed E-state index contributed by atoms with van der Waals surface area (Å²) >= 11 is 0. The van der Waals surface area contributed by atoms with E-state index in [2.05, 4.69) is 0 Å². The monoisotopic (exact) mass is 243 g/mol. The quantitative estimate of drug-likeness (QED) is 0.585. The molecule has 1 rings (SSSR count). The standard InChI is InChI=1S/C11H21N3O3/c1-3-4-11(2,13)10(17)14-6-7(15)5-8(14)9(12)16/h7-8,15H,3-6,13H2,1-2H3,(H2,12,16). The number of carbonyl (C=O) groups is 2. The second-order valence-corrected chi connectivity index (χ2v) is 4.93. The summed E-state index contributed by atoms with van der Waals surface area (Å²) in [7, 11) is 0. The number of nitrogens with zero attached hydrogens (tertiary/aromatic N) is 1. The van der Waals surface area contributed by atoms with Gasteiger partial charge in [0.25, 0.3) is 0 Å². The van der Waals surface area contributed by atoms with Crippen molar-refractivity contribution in [3.8, 4) is 0 Å². The Hall–Kier alpha value is -1.14. The Balaban J connectivity index is 2.84. The van der Waals surface area contributed by atoms with Crippen LogP contribution in [-0.2, 0) is 9.59 Å². The number of β-amino-alcohol motifs (C(OH)–C–C–N with tert-alkyl or cyclic N) is 1. The second kappa shape index (κ2) is 5.01. The third-order valence-corrected chi connectivity index (χ3v) is 3.13. The minimum atomic E-state index is -1.01. The Labute approximate surface area is 101 Å². The molecule has 5 N–H and O–H groups in total. The summed E-state index contributed by atoms with van der Waals surface area (Å²) in [6, 6.07) is -0.739. The number of aliphatic hydroxyl groups excluding tert-OH is 1. The third-order valence-electron chi connectivity index (χ3n) is 3.13. The van der Waals surface area contributed by atoms with Crippen LogP contribution in [0.5, 0.6) is 0 Å². The summed E-state index contributed by atoms with van der Waals surface area (Å²) in [5, 5.41) is 9.52. The smallest absolute Gasteiger partial charge is 0.243 e. The van der Waals surface area contributed by atoms with Crippen LogP contribution in [0.2, 0.25) is 0 Å². The summed E-state index contributed by atoms with van der Waals surface area (Å²) in [5.41, 5.74) is 10.1. The Bertz CT molecular complexity index is 317. The lowest BCUT2D eigenvalue weighted by Gasteiger charge is -2.31. The van der Waals surface area contributed by atoms with Gasteiger partial charge in [-0.1, -0.05) is 13.3 Å². The first-order chi connectivity index (χ1) is 7.79. The van der Waals surface area contributed by atoms with Gasteiger partial charge in [-0.05, 0) is 13.3 Å². The molecule has 0 aromatic rings. The van der Waals surface area contributed by atoms with Crippen molar-refractivity contribution >= 4 is 11.8 Å². The van der Waals surface area contributed by atoms with Crippen LogP contribution >= 0.6 is 0 Å². The van der Waals surface area contributed by atoms with Crippen LogP contribution in [0.25, 0.3) is 0 Å². The van der Waals surface area contributed by atoms with Gasteiger partial charge in [0.1, 0.15) is 6.04 Å². The Morgan fingerprint density at radius 3 is 2.59 bits per heavy atom. The van der Waals surface area contributed by atoms with Crippen molar-refractivity contribution in [2.24, 2.45) is 11.5 Å². The number of rotatable bonds is 4. The van der Waals surface area contributed by atoms with Gasteiger partial charge in [0, 0.05) is 13.0 Å². The van der Waals surface area contributed by atoms with Crippen molar-refractivity contribution in [1.82, 2.24) is 4.90 Å². The van der Waals surface area contributed by atoms with Crippen molar-refractivity contribution in [2.45, 2.75) is 50.8 Å². The van der Waals surface area contributed by atoms with Crippen molar-refractivity contribution in [1.29, 1.82) is 0 Å². The van der Waals surface area contributed by atoms with Gasteiger partial charge in [-0.2, -0.15) is 0 Å². The van der Waals surface area contributed by atoms with Crippen LogP contribution in [0.3, 0.4) is 0 Å². The molecule has 1 saturated heterocycles. The highest BCUT2D eigenvalue weighted by atomic mass is 16.3. The lowest BCUT2D eigenvalue weighted by Crippen LogP contribution is -2.56. The maximum atomic E-state index is 12.2. The number of hydrogen-bond acceptors (Lipinski definition) is 4. The predicted molar refractivity (Wildman–Crippen MR) is 62.8 cm³/mol. The maximum absolute atomic E-state index is 12.2. The number of carbonyl (C=O) groups excluding carboxylic acids is 2. The molecular weight excluding hydrogens is 222 g/mol.